The van der Waals surface area contributed by atoms with Crippen molar-refractivity contribution in [2.45, 2.75) is 109 Å². The second kappa shape index (κ2) is 12.3. The summed E-state index contributed by atoms with van der Waals surface area (Å²) in [6.45, 7) is 15.2. The molecule has 0 rings (SSSR count). The molecule has 0 aromatic carbocycles. The fraction of sp³-hybridized carbons (Fsp3) is 0.950. The van der Waals surface area contributed by atoms with Crippen LogP contribution in [0.1, 0.15) is 87.0 Å². The lowest BCUT2D eigenvalue weighted by Gasteiger charge is -2.43. The third kappa shape index (κ3) is 5.91. The lowest BCUT2D eigenvalue weighted by Crippen LogP contribution is -2.52. The van der Waals surface area contributed by atoms with E-state index in [4.69, 9.17) is 13.3 Å². The van der Waals surface area contributed by atoms with E-state index in [9.17, 15) is 4.79 Å². The highest BCUT2D eigenvalue weighted by Gasteiger charge is 2.53. The van der Waals surface area contributed by atoms with E-state index in [1.54, 1.807) is 14.2 Å². The molecule has 0 aliphatic heterocycles. The number of unbranched alkanes of at least 4 members (excludes halogenated alkanes) is 2. The van der Waals surface area contributed by atoms with Crippen LogP contribution in [0.3, 0.4) is 0 Å². The van der Waals surface area contributed by atoms with E-state index in [0.717, 1.165) is 25.3 Å². The predicted octanol–water partition coefficient (Wildman–Crippen LogP) is 6.22. The van der Waals surface area contributed by atoms with E-state index in [0.29, 0.717) is 17.5 Å². The van der Waals surface area contributed by atoms with Gasteiger partial charge < -0.3 is 13.3 Å². The Morgan fingerprint density at radius 2 is 1.50 bits per heavy atom. The van der Waals surface area contributed by atoms with Gasteiger partial charge in [-0.2, -0.15) is 0 Å². The van der Waals surface area contributed by atoms with Crippen LogP contribution in [0.15, 0.2) is 0 Å². The minimum absolute atomic E-state index is 0.0960. The summed E-state index contributed by atoms with van der Waals surface area (Å²) < 4.78 is 17.7. The molecule has 0 spiro atoms. The molecule has 0 saturated heterocycles. The van der Waals surface area contributed by atoms with Crippen molar-refractivity contribution in [2.24, 2.45) is 0 Å². The average Bonchev–Trinajstić information content (AvgIpc) is 2.66. The van der Waals surface area contributed by atoms with E-state index in [-0.39, 0.29) is 5.97 Å². The predicted molar refractivity (Wildman–Crippen MR) is 114 cm³/mol. The summed E-state index contributed by atoms with van der Waals surface area (Å²) in [7, 11) is -0.701. The Morgan fingerprint density at radius 1 is 1.00 bits per heavy atom. The van der Waals surface area contributed by atoms with Gasteiger partial charge >= 0.3 is 9.28 Å². The van der Waals surface area contributed by atoms with Crippen LogP contribution in [-0.2, 0) is 18.1 Å². The van der Waals surface area contributed by atoms with Gasteiger partial charge in [0.1, 0.15) is 5.04 Å². The van der Waals surface area contributed by atoms with Gasteiger partial charge in [0.25, 0.3) is 14.3 Å². The summed E-state index contributed by atoms with van der Waals surface area (Å²) in [6.07, 6.45) is 6.33. The van der Waals surface area contributed by atoms with Crippen molar-refractivity contribution in [3.63, 3.8) is 0 Å². The highest BCUT2D eigenvalue weighted by atomic mass is 28.4. The maximum absolute atomic E-state index is 13.4. The summed E-state index contributed by atoms with van der Waals surface area (Å²) in [5, 5.41) is -0.682. The first-order valence-electron chi connectivity index (χ1n) is 10.4. The van der Waals surface area contributed by atoms with Crippen LogP contribution in [0.2, 0.25) is 22.2 Å². The van der Waals surface area contributed by atoms with Crippen molar-refractivity contribution in [2.75, 3.05) is 14.2 Å². The zero-order valence-electron chi connectivity index (χ0n) is 18.7. The van der Waals surface area contributed by atoms with Gasteiger partial charge in [0, 0.05) is 14.2 Å². The van der Waals surface area contributed by atoms with Crippen LogP contribution in [0.5, 0.6) is 0 Å². The molecule has 0 fully saturated rings. The number of carbonyl (C=O) groups excluding carboxylic acids is 1. The van der Waals surface area contributed by atoms with Gasteiger partial charge in [-0.1, -0.05) is 73.6 Å². The number of hydrogen-bond acceptors (Lipinski definition) is 4. The van der Waals surface area contributed by atoms with Gasteiger partial charge in [0.15, 0.2) is 0 Å². The Kier molecular flexibility index (Phi) is 12.2. The van der Waals surface area contributed by atoms with Crippen LogP contribution >= 0.6 is 0 Å². The standard InChI is InChI=1S/C20H43O4Si2/c1-10-14-15-16-26(17(5)11-2,18(6)12-3)24-19(21)20(7,13-4)25(22-8)23-9/h17-18H,10-16H2,1-9H3. The van der Waals surface area contributed by atoms with Crippen LogP contribution in [0, 0.1) is 0 Å². The molecule has 0 aliphatic rings. The minimum atomic E-state index is -2.24. The molecule has 26 heavy (non-hydrogen) atoms. The van der Waals surface area contributed by atoms with Crippen molar-refractivity contribution in [3.05, 3.63) is 0 Å². The molecule has 3 unspecified atom stereocenters. The van der Waals surface area contributed by atoms with E-state index < -0.39 is 22.6 Å². The highest BCUT2D eigenvalue weighted by Crippen LogP contribution is 2.45. The van der Waals surface area contributed by atoms with E-state index in [2.05, 4.69) is 34.6 Å². The second-order valence-corrected chi connectivity index (χ2v) is 14.9. The third-order valence-electron chi connectivity index (χ3n) is 6.33. The molecular weight excluding hydrogens is 360 g/mol. The van der Waals surface area contributed by atoms with Gasteiger partial charge in [-0.05, 0) is 30.5 Å². The molecule has 155 valence electrons. The van der Waals surface area contributed by atoms with Crippen LogP contribution in [-0.4, -0.2) is 37.8 Å². The maximum atomic E-state index is 13.4. The van der Waals surface area contributed by atoms with Crippen molar-refractivity contribution in [1.29, 1.82) is 0 Å². The van der Waals surface area contributed by atoms with Crippen LogP contribution in [0.25, 0.3) is 0 Å². The fourth-order valence-corrected chi connectivity index (χ4v) is 10.7. The van der Waals surface area contributed by atoms with Crippen LogP contribution < -0.4 is 0 Å². The van der Waals surface area contributed by atoms with Crippen molar-refractivity contribution in [1.82, 2.24) is 0 Å². The van der Waals surface area contributed by atoms with Crippen molar-refractivity contribution in [3.8, 4) is 0 Å². The number of rotatable bonds is 14. The molecule has 1 radical (unpaired) electrons. The topological polar surface area (TPSA) is 44.8 Å². The van der Waals surface area contributed by atoms with Gasteiger partial charge in [0.05, 0.1) is 0 Å². The monoisotopic (exact) mass is 403 g/mol. The number of carbonyl (C=O) groups is 1. The lowest BCUT2D eigenvalue weighted by atomic mass is 10.1. The molecule has 0 aromatic rings. The van der Waals surface area contributed by atoms with E-state index in [1.807, 2.05) is 13.8 Å². The molecular formula is C20H43O4Si2. The lowest BCUT2D eigenvalue weighted by molar-refractivity contribution is -0.139. The average molecular weight is 404 g/mol. The van der Waals surface area contributed by atoms with Crippen molar-refractivity contribution >= 4 is 23.6 Å². The fourth-order valence-electron chi connectivity index (χ4n) is 3.76. The SMILES string of the molecule is CCCCC[Si](OC(=O)C(C)(CC)[Si](OC)OC)(C(C)CC)C(C)CC. The molecule has 0 aliphatic carbocycles. The Bertz CT molecular complexity index is 391. The third-order valence-corrected chi connectivity index (χ3v) is 14.4. The van der Waals surface area contributed by atoms with Gasteiger partial charge in [0.2, 0.25) is 0 Å². The zero-order valence-corrected chi connectivity index (χ0v) is 20.7. The zero-order chi connectivity index (χ0) is 20.4. The van der Waals surface area contributed by atoms with Crippen LogP contribution in [0.4, 0.5) is 0 Å². The molecule has 3 atom stereocenters. The molecule has 0 aromatic heterocycles. The normalized spacial score (nSPS) is 18.8. The summed E-state index contributed by atoms with van der Waals surface area (Å²) in [5.74, 6) is -0.0960. The summed E-state index contributed by atoms with van der Waals surface area (Å²) in [6, 6.07) is 1.07. The van der Waals surface area contributed by atoms with E-state index in [1.165, 1.54) is 12.8 Å². The number of hydrogen-bond donors (Lipinski definition) is 0. The smallest absolute Gasteiger partial charge is 0.402 e. The van der Waals surface area contributed by atoms with Gasteiger partial charge in [-0.15, -0.1) is 0 Å². The Hall–Kier alpha value is -0.176. The first kappa shape index (κ1) is 25.8. The molecule has 0 saturated carbocycles. The first-order chi connectivity index (χ1) is 12.2. The second-order valence-electron chi connectivity index (χ2n) is 7.80. The Balaban J connectivity index is 5.83. The summed E-state index contributed by atoms with van der Waals surface area (Å²) in [5.41, 5.74) is 0.917. The maximum Gasteiger partial charge on any atom is 0.402 e. The van der Waals surface area contributed by atoms with Gasteiger partial charge in [-0.25, -0.2) is 0 Å². The Labute approximate surface area is 165 Å². The van der Waals surface area contributed by atoms with Crippen molar-refractivity contribution < 1.29 is 18.1 Å². The molecule has 0 bridgehead atoms. The van der Waals surface area contributed by atoms with Gasteiger partial charge in [-0.3, -0.25) is 4.79 Å². The molecule has 0 N–H and O–H groups in total. The Morgan fingerprint density at radius 3 is 1.85 bits per heavy atom. The summed E-state index contributed by atoms with van der Waals surface area (Å²) >= 11 is 0. The summed E-state index contributed by atoms with van der Waals surface area (Å²) in [4.78, 5) is 13.4. The van der Waals surface area contributed by atoms with E-state index >= 15 is 0 Å². The molecule has 6 heteroatoms. The quantitative estimate of drug-likeness (QED) is 0.255. The highest BCUT2D eigenvalue weighted by molar-refractivity contribution is 6.78. The molecule has 4 nitrogen and oxygen atoms in total. The molecule has 0 heterocycles. The minimum Gasteiger partial charge on any atom is -0.518 e. The largest absolute Gasteiger partial charge is 0.518 e. The first-order valence-corrected chi connectivity index (χ1v) is 14.0. The molecule has 0 amide bonds.